The standard InChI is InChI=1S/C32H50N2O6S2/c1-19-11-10-12-32(8)26(34(32)13-14-39-23(5)35)16-25(20(2)15-24-18-42-30(33-24)41-9)40-28(37)17-27(36)31(6,7)29(38)22(4)21(19)3/h15,18-19,21-22,25-27,36H,10-14,16-17H2,1-9H3/b20-15+/t19-,21?,22+,25-,26-,27-,32+,34?/m0/s1. The smallest absolute Gasteiger partial charge is 0.309 e. The monoisotopic (exact) mass is 622 g/mol. The number of thiazole rings is 1. The van der Waals surface area contributed by atoms with Gasteiger partial charge in [-0.3, -0.25) is 19.3 Å². The van der Waals surface area contributed by atoms with Crippen molar-refractivity contribution in [3.05, 3.63) is 16.6 Å². The lowest BCUT2D eigenvalue weighted by molar-refractivity contribution is -0.154. The Morgan fingerprint density at radius 3 is 2.57 bits per heavy atom. The van der Waals surface area contributed by atoms with Crippen molar-refractivity contribution in [1.29, 1.82) is 0 Å². The Balaban J connectivity index is 1.94. The Labute approximate surface area is 260 Å². The third-order valence-corrected chi connectivity index (χ3v) is 11.7. The van der Waals surface area contributed by atoms with E-state index in [0.717, 1.165) is 34.9 Å². The topological polar surface area (TPSA) is 106 Å². The summed E-state index contributed by atoms with van der Waals surface area (Å²) >= 11 is 3.16. The number of hydrogen-bond acceptors (Lipinski definition) is 10. The lowest BCUT2D eigenvalue weighted by Crippen LogP contribution is -2.44. The molecule has 2 unspecified atom stereocenters. The van der Waals surface area contributed by atoms with Gasteiger partial charge in [-0.05, 0) is 50.0 Å². The van der Waals surface area contributed by atoms with E-state index in [2.05, 4.69) is 30.7 Å². The largest absolute Gasteiger partial charge is 0.465 e. The third kappa shape index (κ3) is 8.24. The molecule has 8 atom stereocenters. The second-order valence-electron chi connectivity index (χ2n) is 13.1. The van der Waals surface area contributed by atoms with Crippen LogP contribution in [-0.2, 0) is 23.9 Å². The predicted molar refractivity (Wildman–Crippen MR) is 168 cm³/mol. The van der Waals surface area contributed by atoms with Crippen LogP contribution in [-0.4, -0.2) is 75.9 Å². The Bertz CT molecular complexity index is 1150. The number of aliphatic hydroxyl groups excluding tert-OH is 1. The van der Waals surface area contributed by atoms with Gasteiger partial charge in [0.1, 0.15) is 22.8 Å². The molecule has 2 fully saturated rings. The molecule has 1 N–H and O–H groups in total. The Kier molecular flexibility index (Phi) is 11.9. The summed E-state index contributed by atoms with van der Waals surface area (Å²) in [4.78, 5) is 45.3. The number of esters is 2. The number of thioether (sulfide) groups is 1. The molecule has 0 aliphatic carbocycles. The van der Waals surface area contributed by atoms with Crippen molar-refractivity contribution < 1.29 is 29.0 Å². The minimum absolute atomic E-state index is 0.0270. The van der Waals surface area contributed by atoms with Gasteiger partial charge in [-0.2, -0.15) is 0 Å². The lowest BCUT2D eigenvalue weighted by Gasteiger charge is -2.35. The number of aromatic nitrogens is 1. The molecule has 1 aromatic heterocycles. The molecule has 236 valence electrons. The van der Waals surface area contributed by atoms with Crippen molar-refractivity contribution in [3.8, 4) is 0 Å². The summed E-state index contributed by atoms with van der Waals surface area (Å²) in [6.07, 6.45) is 5.51. The summed E-state index contributed by atoms with van der Waals surface area (Å²) in [5, 5.41) is 13.1. The fourth-order valence-electron chi connectivity index (χ4n) is 6.40. The number of rotatable bonds is 6. The summed E-state index contributed by atoms with van der Waals surface area (Å²) in [7, 11) is 0. The maximum atomic E-state index is 13.6. The fourth-order valence-corrected chi connectivity index (χ4v) is 7.63. The molecule has 2 aliphatic heterocycles. The van der Waals surface area contributed by atoms with Gasteiger partial charge in [0.25, 0.3) is 0 Å². The van der Waals surface area contributed by atoms with E-state index in [4.69, 9.17) is 9.47 Å². The van der Waals surface area contributed by atoms with Crippen LogP contribution < -0.4 is 0 Å². The molecule has 8 nitrogen and oxygen atoms in total. The highest BCUT2D eigenvalue weighted by atomic mass is 32.2. The van der Waals surface area contributed by atoms with Crippen molar-refractivity contribution in [2.45, 2.75) is 116 Å². The molecule has 0 spiro atoms. The number of cyclic esters (lactones) is 1. The number of fused-ring (bicyclic) bond motifs is 1. The molecule has 0 bridgehead atoms. The number of ketones is 1. The van der Waals surface area contributed by atoms with E-state index >= 15 is 0 Å². The van der Waals surface area contributed by atoms with Crippen molar-refractivity contribution in [1.82, 2.24) is 9.88 Å². The zero-order chi connectivity index (χ0) is 31.4. The molecule has 0 saturated carbocycles. The van der Waals surface area contributed by atoms with Crippen LogP contribution in [0.25, 0.3) is 6.08 Å². The number of nitrogens with zero attached hydrogens (tertiary/aromatic N) is 2. The number of carbonyl (C=O) groups excluding carboxylic acids is 3. The minimum atomic E-state index is -1.16. The molecule has 2 aliphatic rings. The van der Waals surface area contributed by atoms with E-state index in [1.165, 1.54) is 6.92 Å². The highest BCUT2D eigenvalue weighted by Gasteiger charge is 2.58. The van der Waals surface area contributed by atoms with Crippen molar-refractivity contribution in [3.63, 3.8) is 0 Å². The molecular formula is C32H50N2O6S2. The van der Waals surface area contributed by atoms with Gasteiger partial charge in [0.2, 0.25) is 0 Å². The van der Waals surface area contributed by atoms with E-state index < -0.39 is 23.6 Å². The molecule has 42 heavy (non-hydrogen) atoms. The third-order valence-electron chi connectivity index (χ3n) is 9.86. The van der Waals surface area contributed by atoms with Gasteiger partial charge in [0, 0.05) is 42.8 Å². The highest BCUT2D eigenvalue weighted by molar-refractivity contribution is 8.00. The maximum Gasteiger partial charge on any atom is 0.309 e. The molecule has 0 aromatic carbocycles. The van der Waals surface area contributed by atoms with Gasteiger partial charge >= 0.3 is 11.9 Å². The van der Waals surface area contributed by atoms with Gasteiger partial charge < -0.3 is 14.6 Å². The van der Waals surface area contributed by atoms with Gasteiger partial charge in [0.15, 0.2) is 0 Å². The van der Waals surface area contributed by atoms with E-state index in [-0.39, 0.29) is 41.6 Å². The van der Waals surface area contributed by atoms with Crippen LogP contribution >= 0.6 is 23.1 Å². The minimum Gasteiger partial charge on any atom is -0.465 e. The Morgan fingerprint density at radius 1 is 1.26 bits per heavy atom. The normalized spacial score (nSPS) is 34.8. The number of ether oxygens (including phenoxy) is 2. The summed E-state index contributed by atoms with van der Waals surface area (Å²) in [6, 6.07) is 0.133. The first-order valence-corrected chi connectivity index (χ1v) is 17.2. The molecule has 3 rings (SSSR count). The lowest BCUT2D eigenvalue weighted by atomic mass is 9.70. The predicted octanol–water partition coefficient (Wildman–Crippen LogP) is 6.01. The highest BCUT2D eigenvalue weighted by Crippen LogP contribution is 2.48. The van der Waals surface area contributed by atoms with Gasteiger partial charge in [-0.25, -0.2) is 4.98 Å². The van der Waals surface area contributed by atoms with E-state index in [9.17, 15) is 19.5 Å². The van der Waals surface area contributed by atoms with Gasteiger partial charge in [0.05, 0.1) is 23.6 Å². The number of carbonyl (C=O) groups is 3. The average molecular weight is 623 g/mol. The SMILES string of the molecule is CSc1nc(/C=C(\C)[C@@H]2C[C@@H]3N(CCOC(C)=O)[C@]3(C)CCC[C@H](C)C(C)[C@@H](C)C(=O)C(C)(C)[C@@H](O)CC(=O)O2)cs1. The van der Waals surface area contributed by atoms with E-state index in [1.807, 2.05) is 31.6 Å². The molecule has 0 radical (unpaired) electrons. The van der Waals surface area contributed by atoms with Crippen molar-refractivity contribution in [2.24, 2.45) is 23.2 Å². The van der Waals surface area contributed by atoms with E-state index in [0.29, 0.717) is 25.5 Å². The quantitative estimate of drug-likeness (QED) is 0.232. The molecular weight excluding hydrogens is 572 g/mol. The van der Waals surface area contributed by atoms with Crippen LogP contribution in [0.4, 0.5) is 0 Å². The molecule has 0 amide bonds. The first-order chi connectivity index (χ1) is 19.6. The fraction of sp³-hybridized carbons (Fsp3) is 0.750. The van der Waals surface area contributed by atoms with Crippen LogP contribution in [0.3, 0.4) is 0 Å². The zero-order valence-corrected chi connectivity index (χ0v) is 28.4. The van der Waals surface area contributed by atoms with Gasteiger partial charge in [-0.15, -0.1) is 11.3 Å². The van der Waals surface area contributed by atoms with Crippen molar-refractivity contribution >= 4 is 46.9 Å². The molecule has 10 heteroatoms. The summed E-state index contributed by atoms with van der Waals surface area (Å²) < 4.78 is 12.3. The van der Waals surface area contributed by atoms with Crippen molar-refractivity contribution in [2.75, 3.05) is 19.4 Å². The Morgan fingerprint density at radius 2 is 1.95 bits per heavy atom. The summed E-state index contributed by atoms with van der Waals surface area (Å²) in [6.45, 7) is 16.3. The first-order valence-electron chi connectivity index (χ1n) is 15.1. The van der Waals surface area contributed by atoms with Crippen LogP contribution in [0.15, 0.2) is 15.3 Å². The maximum absolute atomic E-state index is 13.6. The van der Waals surface area contributed by atoms with Gasteiger partial charge in [-0.1, -0.05) is 59.2 Å². The molecule has 3 heterocycles. The van der Waals surface area contributed by atoms with Crippen LogP contribution in [0.1, 0.15) is 93.2 Å². The second kappa shape index (κ2) is 14.4. The number of hydrogen-bond donors (Lipinski definition) is 1. The van der Waals surface area contributed by atoms with Crippen LogP contribution in [0.5, 0.6) is 0 Å². The van der Waals surface area contributed by atoms with E-state index in [1.54, 1.807) is 36.9 Å². The first kappa shape index (κ1) is 34.7. The summed E-state index contributed by atoms with van der Waals surface area (Å²) in [5.41, 5.74) is 0.485. The number of Topliss-reactive ketones (excluding diaryl/α,β-unsaturated/α-hetero) is 1. The molecule has 1 aromatic rings. The number of aliphatic hydroxyl groups is 1. The van der Waals surface area contributed by atoms with Crippen LogP contribution in [0.2, 0.25) is 0 Å². The summed E-state index contributed by atoms with van der Waals surface area (Å²) in [5.74, 6) is -0.638. The zero-order valence-electron chi connectivity index (χ0n) is 26.8. The van der Waals surface area contributed by atoms with Crippen LogP contribution in [0, 0.1) is 23.2 Å². The molecule has 2 saturated heterocycles. The second-order valence-corrected chi connectivity index (χ2v) is 15.0. The average Bonchev–Trinajstić information content (AvgIpc) is 3.22. The Hall–Kier alpha value is -1.75.